The summed E-state index contributed by atoms with van der Waals surface area (Å²) in [6, 6.07) is 18.1. The first-order valence-corrected chi connectivity index (χ1v) is 9.23. The molecule has 1 unspecified atom stereocenters. The van der Waals surface area contributed by atoms with Gasteiger partial charge in [0, 0.05) is 10.9 Å². The van der Waals surface area contributed by atoms with E-state index in [0.29, 0.717) is 5.56 Å². The molecule has 0 bridgehead atoms. The van der Waals surface area contributed by atoms with E-state index in [4.69, 9.17) is 0 Å². The largest absolute Gasteiger partial charge is 0.311 e. The molecule has 0 radical (unpaired) electrons. The van der Waals surface area contributed by atoms with Crippen molar-refractivity contribution in [1.29, 1.82) is 0 Å². The number of benzene rings is 3. The highest BCUT2D eigenvalue weighted by atomic mass is 32.2. The predicted octanol–water partition coefficient (Wildman–Crippen LogP) is 4.74. The maximum absolute atomic E-state index is 13.0. The molecule has 3 aromatic rings. The Hall–Kier alpha value is -2.59. The molecule has 0 aromatic heterocycles. The summed E-state index contributed by atoms with van der Waals surface area (Å²) in [4.78, 5) is 13.7. The number of anilines is 1. The Morgan fingerprint density at radius 1 is 1.04 bits per heavy atom. The van der Waals surface area contributed by atoms with Gasteiger partial charge in [0.2, 0.25) is 5.03 Å². The summed E-state index contributed by atoms with van der Waals surface area (Å²) in [5, 5.41) is 6.65. The number of allylic oxidation sites excluding steroid dienone is 1. The number of carbonyl (C=O) groups is 1. The Labute approximate surface area is 142 Å². The summed E-state index contributed by atoms with van der Waals surface area (Å²) in [6.07, 6.45) is 3.74. The summed E-state index contributed by atoms with van der Waals surface area (Å²) >= 11 is 0. The average Bonchev–Trinajstić information content (AvgIpc) is 2.92. The second-order valence-corrected chi connectivity index (χ2v) is 7.58. The lowest BCUT2D eigenvalue weighted by molar-refractivity contribution is 0.104. The fourth-order valence-electron chi connectivity index (χ4n) is 2.89. The third-order valence-electron chi connectivity index (χ3n) is 4.19. The van der Waals surface area contributed by atoms with E-state index in [1.54, 1.807) is 6.08 Å². The summed E-state index contributed by atoms with van der Waals surface area (Å²) < 4.78 is 13.0. The van der Waals surface area contributed by atoms with Crippen LogP contribution in [0.25, 0.3) is 10.8 Å². The third kappa shape index (κ3) is 2.49. The van der Waals surface area contributed by atoms with E-state index in [1.165, 1.54) is 34.5 Å². The van der Waals surface area contributed by atoms with Crippen LogP contribution in [0, 0.1) is 5.82 Å². The van der Waals surface area contributed by atoms with Crippen molar-refractivity contribution in [2.45, 2.75) is 4.90 Å². The van der Waals surface area contributed by atoms with Crippen LogP contribution in [0.3, 0.4) is 0 Å². The van der Waals surface area contributed by atoms with Gasteiger partial charge in [-0.25, -0.2) is 4.39 Å². The van der Waals surface area contributed by atoms with E-state index in [0.717, 1.165) is 16.1 Å². The fourth-order valence-corrected chi connectivity index (χ4v) is 4.41. The van der Waals surface area contributed by atoms with Gasteiger partial charge in [0.1, 0.15) is 17.8 Å². The third-order valence-corrected chi connectivity index (χ3v) is 6.07. The molecule has 0 saturated carbocycles. The molecule has 24 heavy (non-hydrogen) atoms. The van der Waals surface area contributed by atoms with Gasteiger partial charge in [0.15, 0.2) is 10.7 Å². The lowest BCUT2D eigenvalue weighted by atomic mass is 10.1. The van der Waals surface area contributed by atoms with E-state index >= 15 is 0 Å². The van der Waals surface area contributed by atoms with Crippen molar-refractivity contribution in [3.63, 3.8) is 0 Å². The van der Waals surface area contributed by atoms with E-state index < -0.39 is 0 Å². The minimum absolute atomic E-state index is 0.117. The van der Waals surface area contributed by atoms with Crippen molar-refractivity contribution >= 4 is 33.1 Å². The van der Waals surface area contributed by atoms with Crippen LogP contribution in [-0.2, 0) is 10.9 Å². The number of nitrogens with one attached hydrogen (secondary N) is 1. The Bertz CT molecular complexity index is 979. The van der Waals surface area contributed by atoms with E-state index in [9.17, 15) is 9.18 Å². The van der Waals surface area contributed by atoms with Gasteiger partial charge < -0.3 is 5.32 Å². The lowest BCUT2D eigenvalue weighted by Crippen LogP contribution is -2.05. The molecule has 0 aliphatic carbocycles. The molecule has 1 aliphatic rings. The number of halogens is 1. The second-order valence-electron chi connectivity index (χ2n) is 5.67. The minimum Gasteiger partial charge on any atom is -0.311 e. The summed E-state index contributed by atoms with van der Waals surface area (Å²) in [5.41, 5.74) is 1.57. The maximum atomic E-state index is 13.0. The minimum atomic E-state index is -0.340. The van der Waals surface area contributed by atoms with Crippen LogP contribution in [0.5, 0.6) is 0 Å². The molecule has 1 heterocycles. The van der Waals surface area contributed by atoms with E-state index in [2.05, 4.69) is 35.8 Å². The summed E-state index contributed by atoms with van der Waals surface area (Å²) in [5.74, 6) is -0.457. The molecule has 1 N–H and O–H groups in total. The van der Waals surface area contributed by atoms with Crippen molar-refractivity contribution in [3.8, 4) is 0 Å². The van der Waals surface area contributed by atoms with Crippen LogP contribution in [0.4, 0.5) is 10.1 Å². The van der Waals surface area contributed by atoms with Gasteiger partial charge in [0.05, 0.1) is 17.0 Å². The zero-order valence-corrected chi connectivity index (χ0v) is 13.9. The SMILES string of the molecule is C[S+]1C(=CC(=O)c2ccc(F)cc2)Nc2c1ccc1ccccc21. The number of ketones is 1. The first kappa shape index (κ1) is 15.0. The van der Waals surface area contributed by atoms with Gasteiger partial charge in [0.25, 0.3) is 0 Å². The Balaban J connectivity index is 1.72. The molecule has 1 atom stereocenters. The average molecular weight is 336 g/mol. The second kappa shape index (κ2) is 5.80. The Kier molecular flexibility index (Phi) is 3.62. The van der Waals surface area contributed by atoms with Crippen LogP contribution in [-0.4, -0.2) is 12.0 Å². The molecule has 118 valence electrons. The van der Waals surface area contributed by atoms with Crippen molar-refractivity contribution in [1.82, 2.24) is 0 Å². The summed E-state index contributed by atoms with van der Waals surface area (Å²) in [7, 11) is -0.185. The van der Waals surface area contributed by atoms with Crippen LogP contribution < -0.4 is 5.32 Å². The van der Waals surface area contributed by atoms with Crippen molar-refractivity contribution in [2.75, 3.05) is 11.6 Å². The van der Waals surface area contributed by atoms with Gasteiger partial charge >= 0.3 is 0 Å². The van der Waals surface area contributed by atoms with Crippen LogP contribution in [0.2, 0.25) is 0 Å². The summed E-state index contributed by atoms with van der Waals surface area (Å²) in [6.45, 7) is 0. The Morgan fingerprint density at radius 2 is 1.79 bits per heavy atom. The molecule has 3 aromatic carbocycles. The van der Waals surface area contributed by atoms with Crippen molar-refractivity contribution in [3.05, 3.63) is 83.1 Å². The van der Waals surface area contributed by atoms with Crippen LogP contribution >= 0.6 is 0 Å². The molecule has 0 spiro atoms. The topological polar surface area (TPSA) is 29.1 Å². The highest BCUT2D eigenvalue weighted by Gasteiger charge is 2.35. The van der Waals surface area contributed by atoms with E-state index in [1.807, 2.05) is 12.1 Å². The molecule has 4 heteroatoms. The lowest BCUT2D eigenvalue weighted by Gasteiger charge is -2.00. The Morgan fingerprint density at radius 3 is 2.58 bits per heavy atom. The number of hydrogen-bond donors (Lipinski definition) is 1. The molecule has 0 amide bonds. The molecular weight excluding hydrogens is 321 g/mol. The molecule has 0 fully saturated rings. The standard InChI is InChI=1S/C20H14FNOS/c1-24-18-11-8-13-4-2-3-5-16(13)20(18)22-19(24)12-17(23)14-6-9-15(21)10-7-14/h2-12H,1H3/p+1. The van der Waals surface area contributed by atoms with Crippen molar-refractivity contribution in [2.24, 2.45) is 0 Å². The predicted molar refractivity (Wildman–Crippen MR) is 97.9 cm³/mol. The number of fused-ring (bicyclic) bond motifs is 3. The number of hydrogen-bond acceptors (Lipinski definition) is 2. The van der Waals surface area contributed by atoms with Gasteiger partial charge in [-0.1, -0.05) is 24.3 Å². The van der Waals surface area contributed by atoms with Crippen LogP contribution in [0.1, 0.15) is 10.4 Å². The van der Waals surface area contributed by atoms with E-state index in [-0.39, 0.29) is 22.5 Å². The smallest absolute Gasteiger partial charge is 0.234 e. The number of rotatable bonds is 2. The van der Waals surface area contributed by atoms with Gasteiger partial charge in [-0.05, 0) is 41.8 Å². The monoisotopic (exact) mass is 336 g/mol. The molecule has 2 nitrogen and oxygen atoms in total. The van der Waals surface area contributed by atoms with Gasteiger partial charge in [-0.3, -0.25) is 4.79 Å². The van der Waals surface area contributed by atoms with Crippen molar-refractivity contribution < 1.29 is 9.18 Å². The molecule has 4 rings (SSSR count). The first-order chi connectivity index (χ1) is 11.6. The van der Waals surface area contributed by atoms with Crippen LogP contribution in [0.15, 0.2) is 76.7 Å². The maximum Gasteiger partial charge on any atom is 0.234 e. The fraction of sp³-hybridized carbons (Fsp3) is 0.0500. The highest BCUT2D eigenvalue weighted by molar-refractivity contribution is 8.00. The zero-order valence-electron chi connectivity index (χ0n) is 13.0. The molecule has 0 saturated heterocycles. The highest BCUT2D eigenvalue weighted by Crippen LogP contribution is 2.40. The van der Waals surface area contributed by atoms with Gasteiger partial charge in [-0.15, -0.1) is 0 Å². The molecule has 1 aliphatic heterocycles. The quantitative estimate of drug-likeness (QED) is 0.416. The first-order valence-electron chi connectivity index (χ1n) is 7.60. The zero-order chi connectivity index (χ0) is 16.7. The van der Waals surface area contributed by atoms with Gasteiger partial charge in [-0.2, -0.15) is 0 Å². The number of carbonyl (C=O) groups excluding carboxylic acids is 1. The molecular formula is C20H15FNOS+. The normalized spacial score (nSPS) is 17.8.